The molecule has 0 saturated carbocycles. The molecule has 6 heterocycles. The molecule has 0 fully saturated rings. The van der Waals surface area contributed by atoms with Crippen molar-refractivity contribution >= 4 is 94.2 Å². The molecular formula is C124H83N13Si. The Morgan fingerprint density at radius 3 is 0.652 bits per heavy atom. The molecule has 0 amide bonds. The summed E-state index contributed by atoms with van der Waals surface area (Å²) in [7, 11) is -2.71. The maximum absolute atomic E-state index is 9.44. The van der Waals surface area contributed by atoms with Crippen LogP contribution in [0.5, 0.6) is 0 Å². The van der Waals surface area contributed by atoms with Crippen molar-refractivity contribution in [1.29, 1.82) is 5.26 Å². The number of nitrogens with zero attached hydrogens (tertiary/aromatic N) is 13. The summed E-state index contributed by atoms with van der Waals surface area (Å²) in [6.07, 6.45) is 0. The Labute approximate surface area is 798 Å². The van der Waals surface area contributed by atoms with Crippen molar-refractivity contribution in [3.8, 4) is 137 Å². The first-order valence-electron chi connectivity index (χ1n) is 46.0. The van der Waals surface area contributed by atoms with E-state index in [1.807, 2.05) is 212 Å². The van der Waals surface area contributed by atoms with Crippen molar-refractivity contribution < 1.29 is 0 Å². The zero-order valence-electron chi connectivity index (χ0n) is 74.7. The highest BCUT2D eigenvalue weighted by molar-refractivity contribution is 7.20. The van der Waals surface area contributed by atoms with Gasteiger partial charge >= 0.3 is 0 Å². The third kappa shape index (κ3) is 16.2. The van der Waals surface area contributed by atoms with Crippen LogP contribution in [0, 0.1) is 11.3 Å². The van der Waals surface area contributed by atoms with Gasteiger partial charge in [-0.3, -0.25) is 0 Å². The number of para-hydroxylation sites is 3. The van der Waals surface area contributed by atoms with Gasteiger partial charge in [-0.25, -0.2) is 44.9 Å². The van der Waals surface area contributed by atoms with Gasteiger partial charge in [0.15, 0.2) is 60.5 Å². The van der Waals surface area contributed by atoms with Gasteiger partial charge in [0.25, 0.3) is 0 Å². The van der Waals surface area contributed by atoms with Crippen LogP contribution in [0.1, 0.15) is 5.56 Å². The molecular weight excluding hydrogens is 1700 g/mol. The predicted octanol–water partition coefficient (Wildman–Crippen LogP) is 26.8. The van der Waals surface area contributed by atoms with E-state index in [1.165, 1.54) is 64.5 Å². The number of aromatic nitrogens is 12. The summed E-state index contributed by atoms with van der Waals surface area (Å²) in [6.45, 7) is 0. The molecule has 14 heteroatoms. The first kappa shape index (κ1) is 83.6. The second-order valence-electron chi connectivity index (χ2n) is 33.8. The summed E-state index contributed by atoms with van der Waals surface area (Å²) in [6, 6.07) is 177. The van der Waals surface area contributed by atoms with Crippen LogP contribution in [-0.4, -0.2) is 66.6 Å². The zero-order chi connectivity index (χ0) is 92.1. The van der Waals surface area contributed by atoms with Crippen LogP contribution in [0.4, 0.5) is 0 Å². The van der Waals surface area contributed by atoms with Crippen LogP contribution in [0.2, 0.25) is 0 Å². The predicted molar refractivity (Wildman–Crippen MR) is 565 cm³/mol. The third-order valence-electron chi connectivity index (χ3n) is 25.6. The average Bonchev–Trinajstić information content (AvgIpc) is 1.38. The molecule has 0 unspecified atom stereocenters. The Morgan fingerprint density at radius 2 is 0.370 bits per heavy atom. The first-order chi connectivity index (χ1) is 68.4. The highest BCUT2D eigenvalue weighted by Crippen LogP contribution is 2.40. The maximum atomic E-state index is 9.44. The summed E-state index contributed by atoms with van der Waals surface area (Å²) in [4.78, 5) is 44.0. The van der Waals surface area contributed by atoms with E-state index in [0.29, 0.717) is 58.0 Å². The Hall–Kier alpha value is -18.7. The first-order valence-corrected chi connectivity index (χ1v) is 48.0. The van der Waals surface area contributed by atoms with E-state index in [1.54, 1.807) is 0 Å². The molecule has 6 aromatic heterocycles. The van der Waals surface area contributed by atoms with Crippen molar-refractivity contribution in [3.63, 3.8) is 0 Å². The molecule has 25 rings (SSSR count). The lowest BCUT2D eigenvalue weighted by atomic mass is 10.0. The summed E-state index contributed by atoms with van der Waals surface area (Å²) < 4.78 is 6.95. The van der Waals surface area contributed by atoms with Crippen LogP contribution in [0.25, 0.3) is 196 Å². The Morgan fingerprint density at radius 1 is 0.159 bits per heavy atom. The number of rotatable bonds is 17. The van der Waals surface area contributed by atoms with Gasteiger partial charge in [-0.15, -0.1) is 0 Å². The van der Waals surface area contributed by atoms with E-state index < -0.39 is 8.07 Å². The van der Waals surface area contributed by atoms with Crippen molar-refractivity contribution in [2.24, 2.45) is 0 Å². The lowest BCUT2D eigenvalue weighted by molar-refractivity contribution is 1.07. The van der Waals surface area contributed by atoms with Crippen molar-refractivity contribution in [2.45, 2.75) is 0 Å². The van der Waals surface area contributed by atoms with Gasteiger partial charge in [0.05, 0.1) is 44.7 Å². The summed E-state index contributed by atoms with van der Waals surface area (Å²) in [5.41, 5.74) is 21.6. The molecule has 0 aliphatic heterocycles. The van der Waals surface area contributed by atoms with Gasteiger partial charge < -0.3 is 13.7 Å². The van der Waals surface area contributed by atoms with E-state index >= 15 is 0 Å². The van der Waals surface area contributed by atoms with E-state index in [4.69, 9.17) is 44.9 Å². The van der Waals surface area contributed by atoms with Crippen LogP contribution in [0.15, 0.2) is 504 Å². The number of hydrogen-bond donors (Lipinski definition) is 0. The van der Waals surface area contributed by atoms with Crippen LogP contribution in [-0.2, 0) is 0 Å². The highest BCUT2D eigenvalue weighted by Gasteiger charge is 2.42. The maximum Gasteiger partial charge on any atom is 0.179 e. The van der Waals surface area contributed by atoms with Crippen molar-refractivity contribution in [2.75, 3.05) is 0 Å². The smallest absolute Gasteiger partial charge is 0.179 e. The van der Waals surface area contributed by atoms with E-state index in [-0.39, 0.29) is 0 Å². The molecule has 138 heavy (non-hydrogen) atoms. The summed E-state index contributed by atoms with van der Waals surface area (Å²) >= 11 is 0. The molecule has 0 aliphatic carbocycles. The largest absolute Gasteiger partial charge is 0.309 e. The molecule has 19 aromatic carbocycles. The van der Waals surface area contributed by atoms with Gasteiger partial charge in [0.2, 0.25) is 0 Å². The summed E-state index contributed by atoms with van der Waals surface area (Å²) in [5, 5.41) is 22.0. The standard InChI is InChI=1S/C51H36N4Si.C39H26N4.C34H21N5/c1-6-18-37(19-7-1)49-52-50(38-20-8-2-9-21-38)54-51(53-49)39-30-32-40(33-31-39)55-47-29-17-16-28-45(47)46-36-44(34-35-48(46)55)56(41-22-10-3-11-23-41,42-24-12-4-13-25-42)43-26-14-5-15-27-43;1-4-12-27(13-5-1)31-22-25-36-34(26-31)33-18-10-11-19-35(33)43(36)32-23-20-30(21-24-32)39-41-37(28-14-6-2-7-15-28)40-38(42-39)29-16-8-3-9-17-29;35-22-23-15-20-31-29(21-23)28-13-7-8-14-30(28)39(31)27-18-16-26(17-19-27)34-37-32(24-9-3-1-4-10-24)36-33(38-34)25-11-5-2-6-12-25/h1-36H;1-26H;1-21H. The van der Waals surface area contributed by atoms with Gasteiger partial charge in [-0.05, 0) is 159 Å². The lowest BCUT2D eigenvalue weighted by Crippen LogP contribution is -2.74. The average molecular weight is 1780 g/mol. The second kappa shape index (κ2) is 37.2. The SMILES string of the molecule is N#Cc1ccc2c(c1)c1ccccc1n2-c1ccc(-c2nc(-c3ccccc3)nc(-c3ccccc3)n2)cc1.c1ccc(-c2ccc3c(c2)c2ccccc2n3-c2ccc(-c3nc(-c4ccccc4)nc(-c4ccccc4)n3)cc2)cc1.c1ccc(-c2nc(-c3ccccc3)nc(-c3ccc(-n4c5ccccc5c5cc([Si](c6ccccc6)(c6ccccc6)c6ccccc6)ccc54)cc3)n2)cc1. The molecule has 0 atom stereocenters. The Bertz CT molecular complexity index is 8490. The molecule has 648 valence electrons. The lowest BCUT2D eigenvalue weighted by Gasteiger charge is -2.34. The fourth-order valence-electron chi connectivity index (χ4n) is 19.0. The van der Waals surface area contributed by atoms with E-state index in [9.17, 15) is 5.26 Å². The monoisotopic (exact) mass is 1780 g/mol. The molecule has 0 aliphatic rings. The fraction of sp³-hybridized carbons (Fsp3) is 0. The molecule has 13 nitrogen and oxygen atoms in total. The number of benzene rings is 19. The molecule has 0 radical (unpaired) electrons. The number of fused-ring (bicyclic) bond motifs is 9. The minimum atomic E-state index is -2.71. The molecule has 0 spiro atoms. The number of hydrogen-bond acceptors (Lipinski definition) is 10. The third-order valence-corrected chi connectivity index (χ3v) is 30.3. The second-order valence-corrected chi connectivity index (χ2v) is 37.6. The van der Waals surface area contributed by atoms with Gasteiger partial charge in [-0.2, -0.15) is 5.26 Å². The van der Waals surface area contributed by atoms with Crippen molar-refractivity contribution in [1.82, 2.24) is 58.6 Å². The van der Waals surface area contributed by atoms with Gasteiger partial charge in [-0.1, -0.05) is 376 Å². The van der Waals surface area contributed by atoms with Crippen LogP contribution in [0.3, 0.4) is 0 Å². The van der Waals surface area contributed by atoms with Gasteiger partial charge in [0, 0.05) is 99.5 Å². The van der Waals surface area contributed by atoms with Crippen LogP contribution >= 0.6 is 0 Å². The minimum Gasteiger partial charge on any atom is -0.309 e. The Balaban J connectivity index is 0.000000118. The highest BCUT2D eigenvalue weighted by atomic mass is 28.3. The van der Waals surface area contributed by atoms with E-state index in [0.717, 1.165) is 100.0 Å². The van der Waals surface area contributed by atoms with Crippen LogP contribution < -0.4 is 20.7 Å². The van der Waals surface area contributed by atoms with E-state index in [2.05, 4.69) is 311 Å². The molecule has 0 bridgehead atoms. The van der Waals surface area contributed by atoms with Gasteiger partial charge in [0.1, 0.15) is 0 Å². The molecule has 25 aromatic rings. The summed E-state index contributed by atoms with van der Waals surface area (Å²) in [5.74, 6) is 5.80. The molecule has 0 saturated heterocycles. The Kier molecular flexibility index (Phi) is 22.5. The quantitative estimate of drug-likeness (QED) is 0.0635. The fourth-order valence-corrected chi connectivity index (χ4v) is 23.8. The minimum absolute atomic E-state index is 0.621. The van der Waals surface area contributed by atoms with Crippen molar-refractivity contribution in [3.05, 3.63) is 509 Å². The molecule has 0 N–H and O–H groups in total. The number of nitriles is 1. The topological polar surface area (TPSA) is 155 Å². The zero-order valence-corrected chi connectivity index (χ0v) is 75.7. The normalized spacial score (nSPS) is 11.3.